The van der Waals surface area contributed by atoms with Gasteiger partial charge in [0.15, 0.2) is 11.6 Å². The van der Waals surface area contributed by atoms with Gasteiger partial charge in [0.25, 0.3) is 0 Å². The molecule has 3 heterocycles. The molecule has 0 radical (unpaired) electrons. The van der Waals surface area contributed by atoms with Crippen LogP contribution in [0.15, 0.2) is 57.9 Å². The highest BCUT2D eigenvalue weighted by Crippen LogP contribution is 2.43. The molecule has 1 saturated carbocycles. The number of nitrogens with zero attached hydrogens (tertiary/aromatic N) is 3. The lowest BCUT2D eigenvalue weighted by Crippen LogP contribution is -2.38. The third-order valence-corrected chi connectivity index (χ3v) is 6.43. The van der Waals surface area contributed by atoms with Gasteiger partial charge in [-0.25, -0.2) is 19.3 Å². The highest BCUT2D eigenvalue weighted by atomic mass is 19.4. The van der Waals surface area contributed by atoms with Crippen LogP contribution in [0.2, 0.25) is 0 Å². The predicted octanol–water partition coefficient (Wildman–Crippen LogP) is 4.88. The van der Waals surface area contributed by atoms with E-state index in [4.69, 9.17) is 9.15 Å². The first-order valence-electron chi connectivity index (χ1n) is 11.5. The van der Waals surface area contributed by atoms with Gasteiger partial charge in [-0.05, 0) is 49.9 Å². The third-order valence-electron chi connectivity index (χ3n) is 6.43. The third kappa shape index (κ3) is 5.34. The lowest BCUT2D eigenvalue weighted by Gasteiger charge is -2.37. The van der Waals surface area contributed by atoms with Gasteiger partial charge in [-0.1, -0.05) is 12.1 Å². The van der Waals surface area contributed by atoms with Crippen LogP contribution in [0.3, 0.4) is 0 Å². The summed E-state index contributed by atoms with van der Waals surface area (Å²) in [6, 6.07) is 10.2. The maximum absolute atomic E-state index is 14.5. The fraction of sp³-hybridized carbons (Fsp3) is 0.333. The average molecular weight is 518 g/mol. The number of hydrogen-bond donors (Lipinski definition) is 3. The van der Waals surface area contributed by atoms with Crippen LogP contribution < -0.4 is 15.8 Å². The molecule has 1 aliphatic rings. The van der Waals surface area contributed by atoms with Gasteiger partial charge < -0.3 is 14.5 Å². The molecule has 0 saturated heterocycles. The first-order valence-corrected chi connectivity index (χ1v) is 11.5. The van der Waals surface area contributed by atoms with Crippen LogP contribution in [0.4, 0.5) is 29.2 Å². The highest BCUT2D eigenvalue weighted by molar-refractivity contribution is 5.50. The van der Waals surface area contributed by atoms with Gasteiger partial charge in [-0.2, -0.15) is 18.3 Å². The van der Waals surface area contributed by atoms with Crippen LogP contribution in [-0.4, -0.2) is 31.5 Å². The molecule has 194 valence electrons. The van der Waals surface area contributed by atoms with Crippen molar-refractivity contribution in [3.8, 4) is 5.75 Å². The van der Waals surface area contributed by atoms with Gasteiger partial charge in [0.05, 0.1) is 23.3 Å². The molecule has 13 heteroatoms. The number of alkyl halides is 3. The minimum absolute atomic E-state index is 0.218. The van der Waals surface area contributed by atoms with Crippen molar-refractivity contribution < 1.29 is 26.7 Å². The lowest BCUT2D eigenvalue weighted by atomic mass is 9.70. The van der Waals surface area contributed by atoms with Crippen LogP contribution in [0, 0.1) is 5.82 Å². The van der Waals surface area contributed by atoms with Crippen LogP contribution in [0.5, 0.6) is 5.75 Å². The van der Waals surface area contributed by atoms with Gasteiger partial charge in [-0.3, -0.25) is 5.10 Å². The molecule has 0 bridgehead atoms. The molecule has 0 atom stereocenters. The molecular formula is C24H22F4N6O3. The van der Waals surface area contributed by atoms with E-state index in [-0.39, 0.29) is 5.89 Å². The Labute approximate surface area is 207 Å². The smallest absolute Gasteiger partial charge is 0.434 e. The van der Waals surface area contributed by atoms with Crippen LogP contribution >= 0.6 is 0 Å². The Hall–Kier alpha value is -4.16. The Bertz CT molecular complexity index is 1410. The summed E-state index contributed by atoms with van der Waals surface area (Å²) >= 11 is 0. The zero-order valence-corrected chi connectivity index (χ0v) is 19.3. The molecule has 0 aliphatic heterocycles. The summed E-state index contributed by atoms with van der Waals surface area (Å²) in [7, 11) is 0. The number of H-pyrrole nitrogens is 2. The van der Waals surface area contributed by atoms with Crippen molar-refractivity contribution in [3.05, 3.63) is 82.2 Å². The second kappa shape index (κ2) is 9.71. The van der Waals surface area contributed by atoms with Crippen molar-refractivity contribution in [1.82, 2.24) is 25.4 Å². The monoisotopic (exact) mass is 518 g/mol. The van der Waals surface area contributed by atoms with E-state index >= 15 is 0 Å². The zero-order chi connectivity index (χ0) is 26.0. The number of ether oxygens (including phenoxy) is 1. The van der Waals surface area contributed by atoms with E-state index in [0.717, 1.165) is 6.07 Å². The molecule has 1 aromatic carbocycles. The van der Waals surface area contributed by atoms with Crippen LogP contribution in [0.1, 0.15) is 42.8 Å². The molecule has 5 rings (SSSR count). The van der Waals surface area contributed by atoms with Gasteiger partial charge in [0.1, 0.15) is 11.6 Å². The summed E-state index contributed by atoms with van der Waals surface area (Å²) in [6.07, 6.45) is -1.78. The van der Waals surface area contributed by atoms with Crippen molar-refractivity contribution in [2.45, 2.75) is 49.8 Å². The summed E-state index contributed by atoms with van der Waals surface area (Å²) in [5.74, 6) is -1.11. The first kappa shape index (κ1) is 24.5. The van der Waals surface area contributed by atoms with E-state index in [1.165, 1.54) is 6.07 Å². The van der Waals surface area contributed by atoms with Crippen LogP contribution in [-0.2, 0) is 18.0 Å². The molecule has 1 fully saturated rings. The van der Waals surface area contributed by atoms with E-state index in [2.05, 4.69) is 30.7 Å². The predicted molar refractivity (Wildman–Crippen MR) is 123 cm³/mol. The number of aromatic nitrogens is 5. The normalized spacial score (nSPS) is 20.1. The van der Waals surface area contributed by atoms with Crippen molar-refractivity contribution in [3.63, 3.8) is 0 Å². The van der Waals surface area contributed by atoms with E-state index in [1.807, 2.05) is 12.1 Å². The van der Waals surface area contributed by atoms with Gasteiger partial charge in [0.2, 0.25) is 5.89 Å². The van der Waals surface area contributed by atoms with Crippen LogP contribution in [0.25, 0.3) is 0 Å². The molecule has 9 nitrogen and oxygen atoms in total. The summed E-state index contributed by atoms with van der Waals surface area (Å²) in [6.45, 7) is 0. The maximum atomic E-state index is 14.5. The number of rotatable bonds is 7. The quantitative estimate of drug-likeness (QED) is 0.298. The molecule has 1 aliphatic carbocycles. The van der Waals surface area contributed by atoms with Crippen molar-refractivity contribution >= 4 is 11.6 Å². The van der Waals surface area contributed by atoms with Gasteiger partial charge in [-0.15, -0.1) is 5.10 Å². The number of hydrogen-bond acceptors (Lipinski definition) is 7. The Balaban J connectivity index is 1.34. The molecule has 4 aromatic rings. The van der Waals surface area contributed by atoms with E-state index in [9.17, 15) is 22.4 Å². The lowest BCUT2D eigenvalue weighted by molar-refractivity contribution is -0.140. The number of halogens is 4. The van der Waals surface area contributed by atoms with Crippen molar-refractivity contribution in [2.75, 3.05) is 5.32 Å². The molecule has 37 heavy (non-hydrogen) atoms. The number of pyridine rings is 1. The molecule has 3 aromatic heterocycles. The molecule has 0 unspecified atom stereocenters. The first-order chi connectivity index (χ1) is 17.7. The second-order valence-corrected chi connectivity index (χ2v) is 8.92. The fourth-order valence-electron chi connectivity index (χ4n) is 4.64. The molecule has 0 spiro atoms. The number of benzene rings is 1. The fourth-order valence-corrected chi connectivity index (χ4v) is 4.64. The maximum Gasteiger partial charge on any atom is 0.434 e. The summed E-state index contributed by atoms with van der Waals surface area (Å²) in [4.78, 5) is 16.4. The number of anilines is 2. The van der Waals surface area contributed by atoms with E-state index in [0.29, 0.717) is 55.5 Å². The van der Waals surface area contributed by atoms with E-state index < -0.39 is 40.6 Å². The molecule has 0 amide bonds. The minimum atomic E-state index is -4.82. The van der Waals surface area contributed by atoms with Gasteiger partial charge in [0, 0.05) is 18.2 Å². The molecule has 3 N–H and O–H groups in total. The Kier molecular flexibility index (Phi) is 6.44. The Morgan fingerprint density at radius 2 is 1.89 bits per heavy atom. The standard InChI is InChI=1S/C24H22F4N6O3/c25-20-16(24(26,27)28)4-2-5-17(20)36-15-7-10-23(11-8-15,21-33-34-22(35)37-21)13-14-3-1-6-18(30-14)31-19-9-12-29-32-19/h1-6,9,12,15H,7-8,10-11,13H2,(H,34,35)(H2,29,30,31,32). The summed E-state index contributed by atoms with van der Waals surface area (Å²) in [5.41, 5.74) is -1.38. The molecular weight excluding hydrogens is 496 g/mol. The largest absolute Gasteiger partial charge is 0.487 e. The summed E-state index contributed by atoms with van der Waals surface area (Å²) in [5, 5.41) is 16.2. The second-order valence-electron chi connectivity index (χ2n) is 8.92. The highest BCUT2D eigenvalue weighted by Gasteiger charge is 2.43. The van der Waals surface area contributed by atoms with Crippen molar-refractivity contribution in [2.24, 2.45) is 0 Å². The van der Waals surface area contributed by atoms with Crippen molar-refractivity contribution in [1.29, 1.82) is 0 Å². The summed E-state index contributed by atoms with van der Waals surface area (Å²) < 4.78 is 64.7. The SMILES string of the molecule is O=c1[nH]nc(C2(Cc3cccc(Nc4ccn[nH]4)n3)CCC(Oc3cccc(C(F)(F)F)c3F)CC2)o1. The average Bonchev–Trinajstić information content (AvgIpc) is 3.53. The van der Waals surface area contributed by atoms with E-state index in [1.54, 1.807) is 18.3 Å². The Morgan fingerprint density at radius 1 is 1.11 bits per heavy atom. The number of aromatic amines is 2. The Morgan fingerprint density at radius 3 is 2.57 bits per heavy atom. The number of nitrogens with one attached hydrogen (secondary N) is 3. The topological polar surface area (TPSA) is 122 Å². The zero-order valence-electron chi connectivity index (χ0n) is 19.3. The van der Waals surface area contributed by atoms with Gasteiger partial charge >= 0.3 is 11.9 Å². The minimum Gasteiger partial charge on any atom is -0.487 e.